The summed E-state index contributed by atoms with van der Waals surface area (Å²) in [6.45, 7) is 1.26. The minimum atomic E-state index is -2.91. The lowest BCUT2D eigenvalue weighted by Gasteiger charge is -2.06. The summed E-state index contributed by atoms with van der Waals surface area (Å²) in [6.07, 6.45) is 0. The predicted molar refractivity (Wildman–Crippen MR) is 113 cm³/mol. The van der Waals surface area contributed by atoms with E-state index in [9.17, 15) is 13.6 Å². The van der Waals surface area contributed by atoms with Gasteiger partial charge in [0.2, 0.25) is 0 Å². The van der Waals surface area contributed by atoms with Crippen LogP contribution in [0.3, 0.4) is 0 Å². The van der Waals surface area contributed by atoms with E-state index in [4.69, 9.17) is 9.15 Å². The molecule has 0 saturated carbocycles. The topological polar surface area (TPSA) is 73.6 Å². The van der Waals surface area contributed by atoms with Gasteiger partial charge in [-0.1, -0.05) is 17.4 Å². The number of anilines is 1. The van der Waals surface area contributed by atoms with Crippen molar-refractivity contribution in [3.05, 3.63) is 71.2 Å². The van der Waals surface area contributed by atoms with Gasteiger partial charge in [-0.2, -0.15) is 8.78 Å². The van der Waals surface area contributed by atoms with E-state index in [0.29, 0.717) is 21.1 Å². The van der Waals surface area contributed by atoms with Crippen LogP contribution in [0, 0.1) is 13.8 Å². The number of thiazole rings is 1. The lowest BCUT2D eigenvalue weighted by molar-refractivity contribution is -0.0497. The first-order valence-corrected chi connectivity index (χ1v) is 10.1. The number of nitrogens with one attached hydrogen (secondary N) is 1. The average Bonchev–Trinajstić information content (AvgIpc) is 3.31. The Morgan fingerprint density at radius 2 is 1.87 bits per heavy atom. The molecular weight excluding hydrogens is 426 g/mol. The van der Waals surface area contributed by atoms with Crippen molar-refractivity contribution >= 4 is 32.6 Å². The van der Waals surface area contributed by atoms with Crippen LogP contribution in [0.15, 0.2) is 52.9 Å². The number of furan rings is 1. The molecule has 2 heterocycles. The molecule has 2 aromatic heterocycles. The highest BCUT2D eigenvalue weighted by Gasteiger charge is 2.15. The predicted octanol–water partition coefficient (Wildman–Crippen LogP) is 5.94. The summed E-state index contributed by atoms with van der Waals surface area (Å²) in [5, 5.41) is 2.97. The van der Waals surface area contributed by atoms with Crippen molar-refractivity contribution in [1.29, 1.82) is 0 Å². The van der Waals surface area contributed by atoms with Gasteiger partial charge < -0.3 is 13.9 Å². The van der Waals surface area contributed by atoms with E-state index < -0.39 is 12.5 Å². The molecule has 0 fully saturated rings. The molecule has 0 spiro atoms. The van der Waals surface area contributed by atoms with Crippen LogP contribution in [0.5, 0.6) is 11.5 Å². The third-order valence-corrected chi connectivity index (χ3v) is 5.20. The van der Waals surface area contributed by atoms with E-state index in [1.807, 2.05) is 26.0 Å². The quantitative estimate of drug-likeness (QED) is 0.382. The number of hydrogen-bond donors (Lipinski definition) is 1. The number of carbonyl (C=O) groups excluding carboxylic acids is 1. The lowest BCUT2D eigenvalue weighted by atomic mass is 10.1. The van der Waals surface area contributed by atoms with Gasteiger partial charge in [-0.05, 0) is 67.4 Å². The van der Waals surface area contributed by atoms with Crippen molar-refractivity contribution in [2.75, 3.05) is 5.32 Å². The zero-order chi connectivity index (χ0) is 22.0. The molecule has 0 atom stereocenters. The summed E-state index contributed by atoms with van der Waals surface area (Å²) in [6, 6.07) is 13.5. The Morgan fingerprint density at radius 1 is 1.10 bits per heavy atom. The number of carbonyl (C=O) groups is 1. The Labute approximate surface area is 180 Å². The maximum Gasteiger partial charge on any atom is 0.387 e. The summed E-state index contributed by atoms with van der Waals surface area (Å²) in [7, 11) is 0. The third kappa shape index (κ3) is 5.18. The minimum absolute atomic E-state index is 0.0310. The SMILES string of the molecule is Cc1cc(C)cc(OCc2ccc(C(=O)Nc3nc4ccc(OC(F)F)cc4s3)o2)c1. The van der Waals surface area contributed by atoms with Crippen LogP contribution in [-0.4, -0.2) is 17.5 Å². The molecule has 0 aliphatic heterocycles. The highest BCUT2D eigenvalue weighted by Crippen LogP contribution is 2.30. The van der Waals surface area contributed by atoms with Gasteiger partial charge in [-0.25, -0.2) is 4.98 Å². The van der Waals surface area contributed by atoms with Crippen LogP contribution in [0.2, 0.25) is 0 Å². The van der Waals surface area contributed by atoms with Gasteiger partial charge in [0.05, 0.1) is 10.2 Å². The van der Waals surface area contributed by atoms with Crippen LogP contribution < -0.4 is 14.8 Å². The van der Waals surface area contributed by atoms with Crippen LogP contribution in [-0.2, 0) is 6.61 Å². The van der Waals surface area contributed by atoms with Gasteiger partial charge in [-0.3, -0.25) is 10.1 Å². The number of rotatable bonds is 7. The van der Waals surface area contributed by atoms with Crippen molar-refractivity contribution in [3.8, 4) is 11.5 Å². The minimum Gasteiger partial charge on any atom is -0.486 e. The molecule has 0 aliphatic rings. The number of amides is 1. The summed E-state index contributed by atoms with van der Waals surface area (Å²) in [4.78, 5) is 16.8. The Bertz CT molecular complexity index is 1220. The first kappa shape index (κ1) is 20.8. The van der Waals surface area contributed by atoms with E-state index in [1.54, 1.807) is 18.2 Å². The van der Waals surface area contributed by atoms with Gasteiger partial charge in [0.25, 0.3) is 5.91 Å². The number of fused-ring (bicyclic) bond motifs is 1. The number of aromatic nitrogens is 1. The van der Waals surface area contributed by atoms with Gasteiger partial charge in [-0.15, -0.1) is 0 Å². The van der Waals surface area contributed by atoms with E-state index in [2.05, 4.69) is 21.1 Å². The van der Waals surface area contributed by atoms with Crippen molar-refractivity contribution in [3.63, 3.8) is 0 Å². The zero-order valence-corrected chi connectivity index (χ0v) is 17.5. The maximum absolute atomic E-state index is 12.5. The van der Waals surface area contributed by atoms with E-state index in [0.717, 1.165) is 28.2 Å². The first-order chi connectivity index (χ1) is 14.9. The Kier molecular flexibility index (Phi) is 5.85. The lowest BCUT2D eigenvalue weighted by Crippen LogP contribution is -2.10. The first-order valence-electron chi connectivity index (χ1n) is 9.32. The van der Waals surface area contributed by atoms with Crippen LogP contribution in [0.1, 0.15) is 27.4 Å². The van der Waals surface area contributed by atoms with Crippen molar-refractivity contribution < 1.29 is 27.5 Å². The largest absolute Gasteiger partial charge is 0.486 e. The smallest absolute Gasteiger partial charge is 0.387 e. The molecule has 160 valence electrons. The zero-order valence-electron chi connectivity index (χ0n) is 16.6. The van der Waals surface area contributed by atoms with Gasteiger partial charge in [0.1, 0.15) is 23.9 Å². The summed E-state index contributed by atoms with van der Waals surface area (Å²) in [5.41, 5.74) is 2.75. The third-order valence-electron chi connectivity index (χ3n) is 4.27. The molecule has 0 aliphatic carbocycles. The second-order valence-corrected chi connectivity index (χ2v) is 7.89. The highest BCUT2D eigenvalue weighted by atomic mass is 32.1. The van der Waals surface area contributed by atoms with E-state index in [-0.39, 0.29) is 18.1 Å². The Hall–Kier alpha value is -3.46. The number of nitrogens with zero attached hydrogens (tertiary/aromatic N) is 1. The molecular formula is C22H18F2N2O4S. The van der Waals surface area contributed by atoms with Gasteiger partial charge in [0, 0.05) is 0 Å². The molecule has 1 amide bonds. The normalized spacial score (nSPS) is 11.1. The second kappa shape index (κ2) is 8.73. The molecule has 6 nitrogen and oxygen atoms in total. The average molecular weight is 444 g/mol. The van der Waals surface area contributed by atoms with Gasteiger partial charge >= 0.3 is 6.61 Å². The molecule has 2 aromatic carbocycles. The van der Waals surface area contributed by atoms with Crippen LogP contribution in [0.4, 0.5) is 13.9 Å². The number of hydrogen-bond acceptors (Lipinski definition) is 6. The molecule has 4 aromatic rings. The molecule has 1 N–H and O–H groups in total. The molecule has 0 saturated heterocycles. The fourth-order valence-corrected chi connectivity index (χ4v) is 3.93. The molecule has 9 heteroatoms. The number of benzene rings is 2. The Balaban J connectivity index is 1.40. The summed E-state index contributed by atoms with van der Waals surface area (Å²) < 4.78 is 41.0. The number of ether oxygens (including phenoxy) is 2. The number of halogens is 2. The molecule has 0 radical (unpaired) electrons. The van der Waals surface area contributed by atoms with Crippen molar-refractivity contribution in [1.82, 2.24) is 4.98 Å². The van der Waals surface area contributed by atoms with Crippen molar-refractivity contribution in [2.24, 2.45) is 0 Å². The van der Waals surface area contributed by atoms with Crippen LogP contribution in [0.25, 0.3) is 10.2 Å². The number of aryl methyl sites for hydroxylation is 2. The molecule has 4 rings (SSSR count). The van der Waals surface area contributed by atoms with E-state index in [1.165, 1.54) is 12.1 Å². The summed E-state index contributed by atoms with van der Waals surface area (Å²) in [5.74, 6) is 0.899. The fourth-order valence-electron chi connectivity index (χ4n) is 3.04. The highest BCUT2D eigenvalue weighted by molar-refractivity contribution is 7.22. The Morgan fingerprint density at radius 3 is 2.61 bits per heavy atom. The second-order valence-electron chi connectivity index (χ2n) is 6.86. The summed E-state index contributed by atoms with van der Waals surface area (Å²) >= 11 is 1.14. The number of alkyl halides is 2. The molecule has 31 heavy (non-hydrogen) atoms. The monoisotopic (exact) mass is 444 g/mol. The fraction of sp³-hybridized carbons (Fsp3) is 0.182. The molecule has 0 unspecified atom stereocenters. The van der Waals surface area contributed by atoms with Crippen molar-refractivity contribution in [2.45, 2.75) is 27.1 Å². The van der Waals surface area contributed by atoms with Gasteiger partial charge in [0.15, 0.2) is 10.9 Å². The standard InChI is InChI=1S/C22H18F2N2O4S/c1-12-7-13(2)9-16(8-12)28-11-15-4-6-18(29-15)20(27)26-22-25-17-5-3-14(30-21(23)24)10-19(17)31-22/h3-10,21H,11H2,1-2H3,(H,25,26,27). The van der Waals surface area contributed by atoms with E-state index >= 15 is 0 Å². The molecule has 0 bridgehead atoms. The maximum atomic E-state index is 12.5. The van der Waals surface area contributed by atoms with Crippen LogP contribution >= 0.6 is 11.3 Å².